The van der Waals surface area contributed by atoms with Gasteiger partial charge in [0.25, 0.3) is 0 Å². The lowest BCUT2D eigenvalue weighted by atomic mass is 9.86. The van der Waals surface area contributed by atoms with Crippen molar-refractivity contribution in [2.75, 3.05) is 5.32 Å². The van der Waals surface area contributed by atoms with Crippen LogP contribution in [0.25, 0.3) is 0 Å². The first-order chi connectivity index (χ1) is 10.2. The molecule has 0 radical (unpaired) electrons. The Morgan fingerprint density at radius 1 is 1.29 bits per heavy atom. The number of nitrogens with one attached hydrogen (secondary N) is 1. The van der Waals surface area contributed by atoms with E-state index in [0.717, 1.165) is 29.7 Å². The van der Waals surface area contributed by atoms with Gasteiger partial charge in [-0.25, -0.2) is 0 Å². The summed E-state index contributed by atoms with van der Waals surface area (Å²) in [5.41, 5.74) is 0. The summed E-state index contributed by atoms with van der Waals surface area (Å²) >= 11 is 1.53. The van der Waals surface area contributed by atoms with Crippen LogP contribution in [0.1, 0.15) is 63.3 Å². The van der Waals surface area contributed by atoms with Crippen molar-refractivity contribution in [1.29, 1.82) is 0 Å². The maximum Gasteiger partial charge on any atom is 0.226 e. The molecule has 3 rings (SSSR count). The molecular formula is C16H25N3OS. The number of aromatic nitrogens is 2. The van der Waals surface area contributed by atoms with E-state index in [2.05, 4.69) is 22.4 Å². The topological polar surface area (TPSA) is 54.9 Å². The summed E-state index contributed by atoms with van der Waals surface area (Å²) in [7, 11) is 0. The maximum absolute atomic E-state index is 12.1. The van der Waals surface area contributed by atoms with E-state index in [-0.39, 0.29) is 5.91 Å². The van der Waals surface area contributed by atoms with Crippen LogP contribution >= 0.6 is 11.3 Å². The standard InChI is InChI=1S/C16H25N3OS/c1-2-3-4-5-15-18-19-16(21-15)17-14(20)10-13-9-11-6-7-12(13)8-11/h11-13H,2-10H2,1H3,(H,17,19,20). The third-order valence-corrected chi connectivity index (χ3v) is 5.94. The van der Waals surface area contributed by atoms with Crippen molar-refractivity contribution in [2.45, 2.75) is 64.7 Å². The van der Waals surface area contributed by atoms with E-state index in [1.54, 1.807) is 0 Å². The molecule has 2 aliphatic rings. The fraction of sp³-hybridized carbons (Fsp3) is 0.812. The first kappa shape index (κ1) is 14.9. The number of rotatable bonds is 7. The zero-order chi connectivity index (χ0) is 14.7. The number of unbranched alkanes of at least 4 members (excludes halogenated alkanes) is 2. The van der Waals surface area contributed by atoms with Crippen molar-refractivity contribution in [2.24, 2.45) is 17.8 Å². The number of carbonyl (C=O) groups excluding carboxylic acids is 1. The van der Waals surface area contributed by atoms with Crippen LogP contribution in [0.15, 0.2) is 0 Å². The van der Waals surface area contributed by atoms with Gasteiger partial charge in [-0.15, -0.1) is 10.2 Å². The molecule has 1 N–H and O–H groups in total. The molecule has 116 valence electrons. The molecule has 2 fully saturated rings. The van der Waals surface area contributed by atoms with Crippen LogP contribution in [0.4, 0.5) is 5.13 Å². The first-order valence-corrected chi connectivity index (χ1v) is 9.18. The van der Waals surface area contributed by atoms with Gasteiger partial charge < -0.3 is 5.32 Å². The summed E-state index contributed by atoms with van der Waals surface area (Å²) in [6.07, 6.45) is 10.6. The second-order valence-electron chi connectivity index (χ2n) is 6.65. The van der Waals surface area contributed by atoms with Gasteiger partial charge in [0, 0.05) is 12.8 Å². The molecule has 1 heterocycles. The van der Waals surface area contributed by atoms with E-state index in [1.165, 1.54) is 49.9 Å². The van der Waals surface area contributed by atoms with Crippen LogP contribution in [-0.4, -0.2) is 16.1 Å². The summed E-state index contributed by atoms with van der Waals surface area (Å²) < 4.78 is 0. The fourth-order valence-corrected chi connectivity index (χ4v) is 4.76. The number of hydrogen-bond acceptors (Lipinski definition) is 4. The Morgan fingerprint density at radius 3 is 2.90 bits per heavy atom. The fourth-order valence-electron chi connectivity index (χ4n) is 3.97. The van der Waals surface area contributed by atoms with Crippen molar-refractivity contribution < 1.29 is 4.79 Å². The molecule has 3 unspecified atom stereocenters. The van der Waals surface area contributed by atoms with Gasteiger partial charge in [-0.2, -0.15) is 0 Å². The Balaban J connectivity index is 1.44. The Kier molecular flexibility index (Phi) is 4.88. The van der Waals surface area contributed by atoms with Crippen LogP contribution in [-0.2, 0) is 11.2 Å². The Bertz CT molecular complexity index is 488. The second kappa shape index (κ2) is 6.86. The number of carbonyl (C=O) groups is 1. The predicted octanol–water partition coefficient (Wildman–Crippen LogP) is 4.04. The zero-order valence-corrected chi connectivity index (χ0v) is 13.6. The third-order valence-electron chi connectivity index (χ3n) is 5.04. The molecule has 0 saturated heterocycles. The van der Waals surface area contributed by atoms with Crippen LogP contribution in [0, 0.1) is 17.8 Å². The van der Waals surface area contributed by atoms with Crippen LogP contribution in [0.2, 0.25) is 0 Å². The van der Waals surface area contributed by atoms with E-state index < -0.39 is 0 Å². The number of fused-ring (bicyclic) bond motifs is 2. The summed E-state index contributed by atoms with van der Waals surface area (Å²) in [6.45, 7) is 2.20. The van der Waals surface area contributed by atoms with Gasteiger partial charge in [0.2, 0.25) is 11.0 Å². The third kappa shape index (κ3) is 3.82. The molecule has 4 nitrogen and oxygen atoms in total. The van der Waals surface area contributed by atoms with E-state index in [4.69, 9.17) is 0 Å². The minimum atomic E-state index is 0.129. The molecule has 1 aromatic heterocycles. The van der Waals surface area contributed by atoms with E-state index in [9.17, 15) is 4.79 Å². The predicted molar refractivity (Wildman–Crippen MR) is 85.3 cm³/mol. The molecule has 0 spiro atoms. The van der Waals surface area contributed by atoms with Gasteiger partial charge >= 0.3 is 0 Å². The van der Waals surface area contributed by atoms with E-state index in [0.29, 0.717) is 17.5 Å². The highest BCUT2D eigenvalue weighted by atomic mass is 32.1. The molecule has 2 saturated carbocycles. The van der Waals surface area contributed by atoms with Crippen molar-refractivity contribution in [3.63, 3.8) is 0 Å². The van der Waals surface area contributed by atoms with Crippen LogP contribution in [0.5, 0.6) is 0 Å². The quantitative estimate of drug-likeness (QED) is 0.774. The van der Waals surface area contributed by atoms with Crippen molar-refractivity contribution >= 4 is 22.4 Å². The van der Waals surface area contributed by atoms with Crippen LogP contribution in [0.3, 0.4) is 0 Å². The lowest BCUT2D eigenvalue weighted by molar-refractivity contribution is -0.117. The molecule has 2 aliphatic carbocycles. The summed E-state index contributed by atoms with van der Waals surface area (Å²) in [5.74, 6) is 2.45. The smallest absolute Gasteiger partial charge is 0.226 e. The minimum absolute atomic E-state index is 0.129. The Morgan fingerprint density at radius 2 is 2.19 bits per heavy atom. The second-order valence-corrected chi connectivity index (χ2v) is 7.71. The monoisotopic (exact) mass is 307 g/mol. The SMILES string of the molecule is CCCCCc1nnc(NC(=O)CC2CC3CCC2C3)s1. The molecule has 0 aliphatic heterocycles. The number of anilines is 1. The summed E-state index contributed by atoms with van der Waals surface area (Å²) in [6, 6.07) is 0. The van der Waals surface area contributed by atoms with Gasteiger partial charge in [-0.3, -0.25) is 4.79 Å². The maximum atomic E-state index is 12.1. The molecule has 0 aromatic carbocycles. The normalized spacial score (nSPS) is 27.2. The molecular weight excluding hydrogens is 282 g/mol. The number of aryl methyl sites for hydroxylation is 1. The molecule has 3 atom stereocenters. The van der Waals surface area contributed by atoms with Crippen molar-refractivity contribution in [1.82, 2.24) is 10.2 Å². The number of amides is 1. The lowest BCUT2D eigenvalue weighted by Gasteiger charge is -2.20. The zero-order valence-electron chi connectivity index (χ0n) is 12.8. The van der Waals surface area contributed by atoms with Gasteiger partial charge in [-0.1, -0.05) is 37.5 Å². The minimum Gasteiger partial charge on any atom is -0.301 e. The van der Waals surface area contributed by atoms with Crippen molar-refractivity contribution in [3.8, 4) is 0 Å². The molecule has 1 aromatic rings. The lowest BCUT2D eigenvalue weighted by Crippen LogP contribution is -2.20. The molecule has 5 heteroatoms. The largest absolute Gasteiger partial charge is 0.301 e. The highest BCUT2D eigenvalue weighted by Gasteiger charge is 2.40. The molecule has 2 bridgehead atoms. The van der Waals surface area contributed by atoms with Gasteiger partial charge in [-0.05, 0) is 43.4 Å². The van der Waals surface area contributed by atoms with E-state index >= 15 is 0 Å². The van der Waals surface area contributed by atoms with Crippen LogP contribution < -0.4 is 5.32 Å². The summed E-state index contributed by atoms with van der Waals surface area (Å²) in [4.78, 5) is 12.1. The number of nitrogens with zero attached hydrogens (tertiary/aromatic N) is 2. The average molecular weight is 307 g/mol. The van der Waals surface area contributed by atoms with Crippen molar-refractivity contribution in [3.05, 3.63) is 5.01 Å². The Hall–Kier alpha value is -0.970. The highest BCUT2D eigenvalue weighted by Crippen LogP contribution is 2.49. The van der Waals surface area contributed by atoms with Gasteiger partial charge in [0.15, 0.2) is 0 Å². The Labute approximate surface area is 130 Å². The highest BCUT2D eigenvalue weighted by molar-refractivity contribution is 7.15. The molecule has 1 amide bonds. The van der Waals surface area contributed by atoms with Gasteiger partial charge in [0.05, 0.1) is 0 Å². The first-order valence-electron chi connectivity index (χ1n) is 8.36. The average Bonchev–Trinajstić information content (AvgIpc) is 3.16. The number of hydrogen-bond donors (Lipinski definition) is 1. The summed E-state index contributed by atoms with van der Waals surface area (Å²) in [5, 5.41) is 12.9. The van der Waals surface area contributed by atoms with E-state index in [1.807, 2.05) is 0 Å². The van der Waals surface area contributed by atoms with Gasteiger partial charge in [0.1, 0.15) is 5.01 Å². The molecule has 21 heavy (non-hydrogen) atoms.